The zero-order chi connectivity index (χ0) is 21.8. The Bertz CT molecular complexity index is 1030. The van der Waals surface area contributed by atoms with E-state index in [1.165, 1.54) is 12.4 Å². The van der Waals surface area contributed by atoms with E-state index in [4.69, 9.17) is 9.26 Å². The van der Waals surface area contributed by atoms with Crippen LogP contribution in [0.4, 0.5) is 8.78 Å². The molecule has 3 aromatic rings. The summed E-state index contributed by atoms with van der Waals surface area (Å²) in [5.41, 5.74) is 2.51. The maximum absolute atomic E-state index is 13.2. The molecule has 0 bridgehead atoms. The number of carbonyl (C=O) groups excluding carboxylic acids is 1. The third-order valence-corrected chi connectivity index (χ3v) is 5.31. The van der Waals surface area contributed by atoms with E-state index in [0.29, 0.717) is 11.5 Å². The summed E-state index contributed by atoms with van der Waals surface area (Å²) in [6, 6.07) is 9.33. The number of halogens is 2. The van der Waals surface area contributed by atoms with Crippen LogP contribution in [0.25, 0.3) is 11.3 Å². The van der Waals surface area contributed by atoms with E-state index in [1.807, 2.05) is 30.3 Å². The van der Waals surface area contributed by atoms with Crippen molar-refractivity contribution in [3.05, 3.63) is 59.7 Å². The SMILES string of the molecule is Cc1onc(-c2ccccc2)c1COc1cnc(C(=O)NC2CCC(F)(F)CC2)cn1. The second-order valence-corrected chi connectivity index (χ2v) is 7.56. The number of aryl methyl sites for hydroxylation is 1. The average molecular weight is 428 g/mol. The molecular weight excluding hydrogens is 406 g/mol. The smallest absolute Gasteiger partial charge is 0.271 e. The second kappa shape index (κ2) is 8.79. The predicted molar refractivity (Wildman–Crippen MR) is 108 cm³/mol. The summed E-state index contributed by atoms with van der Waals surface area (Å²) in [7, 11) is 0. The first-order valence-corrected chi connectivity index (χ1v) is 10.1. The highest BCUT2D eigenvalue weighted by molar-refractivity contribution is 5.92. The Balaban J connectivity index is 1.36. The van der Waals surface area contributed by atoms with Crippen LogP contribution >= 0.6 is 0 Å². The molecule has 1 aliphatic rings. The lowest BCUT2D eigenvalue weighted by Gasteiger charge is -2.28. The molecule has 9 heteroatoms. The monoisotopic (exact) mass is 428 g/mol. The topological polar surface area (TPSA) is 90.1 Å². The highest BCUT2D eigenvalue weighted by Gasteiger charge is 2.35. The first-order valence-electron chi connectivity index (χ1n) is 10.1. The summed E-state index contributed by atoms with van der Waals surface area (Å²) in [5, 5.41) is 6.85. The van der Waals surface area contributed by atoms with Crippen molar-refractivity contribution >= 4 is 5.91 Å². The number of carbonyl (C=O) groups is 1. The van der Waals surface area contributed by atoms with Crippen LogP contribution in [-0.4, -0.2) is 33.0 Å². The number of rotatable bonds is 6. The maximum Gasteiger partial charge on any atom is 0.271 e. The molecule has 31 heavy (non-hydrogen) atoms. The Labute approximate surface area is 177 Å². The van der Waals surface area contributed by atoms with Gasteiger partial charge in [-0.05, 0) is 19.8 Å². The van der Waals surface area contributed by atoms with Gasteiger partial charge in [0.2, 0.25) is 11.8 Å². The Morgan fingerprint density at radius 3 is 2.61 bits per heavy atom. The molecule has 1 aliphatic carbocycles. The molecule has 1 saturated carbocycles. The summed E-state index contributed by atoms with van der Waals surface area (Å²) in [4.78, 5) is 20.5. The Hall–Kier alpha value is -3.36. The molecule has 2 heterocycles. The van der Waals surface area contributed by atoms with Crippen molar-refractivity contribution < 1.29 is 22.8 Å². The predicted octanol–water partition coefficient (Wildman–Crippen LogP) is 4.33. The summed E-state index contributed by atoms with van der Waals surface area (Å²) in [6.45, 7) is 1.98. The number of nitrogens with zero attached hydrogens (tertiary/aromatic N) is 3. The molecule has 4 rings (SSSR count). The van der Waals surface area contributed by atoms with Gasteiger partial charge < -0.3 is 14.6 Å². The van der Waals surface area contributed by atoms with E-state index in [9.17, 15) is 13.6 Å². The zero-order valence-corrected chi connectivity index (χ0v) is 17.0. The van der Waals surface area contributed by atoms with Crippen LogP contribution in [0, 0.1) is 6.92 Å². The number of aromatic nitrogens is 3. The van der Waals surface area contributed by atoms with E-state index >= 15 is 0 Å². The fourth-order valence-corrected chi connectivity index (χ4v) is 3.48. The van der Waals surface area contributed by atoms with Gasteiger partial charge in [0, 0.05) is 24.4 Å². The van der Waals surface area contributed by atoms with Crippen molar-refractivity contribution in [1.29, 1.82) is 0 Å². The Kier molecular flexibility index (Phi) is 5.92. The molecular formula is C22H22F2N4O3. The third-order valence-electron chi connectivity index (χ3n) is 5.31. The fourth-order valence-electron chi connectivity index (χ4n) is 3.48. The van der Waals surface area contributed by atoms with E-state index in [2.05, 4.69) is 20.4 Å². The minimum absolute atomic E-state index is 0.107. The summed E-state index contributed by atoms with van der Waals surface area (Å²) in [6.07, 6.45) is 2.72. The van der Waals surface area contributed by atoms with Crippen LogP contribution < -0.4 is 10.1 Å². The molecule has 7 nitrogen and oxygen atoms in total. The van der Waals surface area contributed by atoms with Gasteiger partial charge in [-0.1, -0.05) is 35.5 Å². The van der Waals surface area contributed by atoms with Gasteiger partial charge in [-0.15, -0.1) is 0 Å². The lowest BCUT2D eigenvalue weighted by atomic mass is 9.92. The lowest BCUT2D eigenvalue weighted by Crippen LogP contribution is -2.40. The van der Waals surface area contributed by atoms with Crippen LogP contribution in [0.1, 0.15) is 47.5 Å². The van der Waals surface area contributed by atoms with Crippen LogP contribution in [0.5, 0.6) is 5.88 Å². The maximum atomic E-state index is 13.2. The summed E-state index contributed by atoms with van der Waals surface area (Å²) >= 11 is 0. The molecule has 162 valence electrons. The number of nitrogens with one attached hydrogen (secondary N) is 1. The van der Waals surface area contributed by atoms with Gasteiger partial charge in [0.05, 0.1) is 18.0 Å². The van der Waals surface area contributed by atoms with E-state index < -0.39 is 11.8 Å². The molecule has 1 aromatic carbocycles. The van der Waals surface area contributed by atoms with Gasteiger partial charge in [0.25, 0.3) is 5.91 Å². The number of benzene rings is 1. The zero-order valence-electron chi connectivity index (χ0n) is 17.0. The first-order chi connectivity index (χ1) is 14.9. The van der Waals surface area contributed by atoms with E-state index in [0.717, 1.165) is 11.1 Å². The summed E-state index contributed by atoms with van der Waals surface area (Å²) < 4.78 is 37.5. The van der Waals surface area contributed by atoms with E-state index in [1.54, 1.807) is 6.92 Å². The number of alkyl halides is 2. The Morgan fingerprint density at radius 1 is 1.19 bits per heavy atom. The van der Waals surface area contributed by atoms with Gasteiger partial charge in [-0.2, -0.15) is 0 Å². The molecule has 2 aromatic heterocycles. The quantitative estimate of drug-likeness (QED) is 0.629. The van der Waals surface area contributed by atoms with Gasteiger partial charge in [-0.25, -0.2) is 18.7 Å². The number of hydrogen-bond donors (Lipinski definition) is 1. The molecule has 0 aliphatic heterocycles. The van der Waals surface area contributed by atoms with Gasteiger partial charge in [-0.3, -0.25) is 4.79 Å². The standard InChI is InChI=1S/C22H22F2N4O3/c1-14-17(20(28-31-14)15-5-3-2-4-6-15)13-30-19-12-25-18(11-26-19)21(29)27-16-7-9-22(23,24)10-8-16/h2-6,11-12,16H,7-10,13H2,1H3,(H,27,29). The van der Waals surface area contributed by atoms with Crippen molar-refractivity contribution in [2.75, 3.05) is 0 Å². The van der Waals surface area contributed by atoms with Crippen molar-refractivity contribution in [2.45, 2.75) is 51.2 Å². The van der Waals surface area contributed by atoms with E-state index in [-0.39, 0.29) is 49.9 Å². The second-order valence-electron chi connectivity index (χ2n) is 7.56. The van der Waals surface area contributed by atoms with Crippen molar-refractivity contribution in [3.63, 3.8) is 0 Å². The molecule has 1 N–H and O–H groups in total. The van der Waals surface area contributed by atoms with Gasteiger partial charge >= 0.3 is 0 Å². The molecule has 0 atom stereocenters. The average Bonchev–Trinajstić information content (AvgIpc) is 3.15. The third kappa shape index (κ3) is 5.04. The van der Waals surface area contributed by atoms with Crippen molar-refractivity contribution in [3.8, 4) is 17.1 Å². The minimum atomic E-state index is -2.64. The first kappa shape index (κ1) is 20.9. The number of ether oxygens (including phenoxy) is 1. The van der Waals surface area contributed by atoms with Crippen LogP contribution in [0.15, 0.2) is 47.2 Å². The Morgan fingerprint density at radius 2 is 1.94 bits per heavy atom. The van der Waals surface area contributed by atoms with Crippen LogP contribution in [-0.2, 0) is 6.61 Å². The number of amides is 1. The molecule has 1 amide bonds. The minimum Gasteiger partial charge on any atom is -0.471 e. The lowest BCUT2D eigenvalue weighted by molar-refractivity contribution is -0.0399. The molecule has 0 saturated heterocycles. The molecule has 0 spiro atoms. The molecule has 0 unspecified atom stereocenters. The van der Waals surface area contributed by atoms with Crippen LogP contribution in [0.2, 0.25) is 0 Å². The molecule has 0 radical (unpaired) electrons. The largest absolute Gasteiger partial charge is 0.471 e. The normalized spacial score (nSPS) is 16.1. The van der Waals surface area contributed by atoms with Crippen LogP contribution in [0.3, 0.4) is 0 Å². The van der Waals surface area contributed by atoms with Gasteiger partial charge in [0.15, 0.2) is 0 Å². The molecule has 1 fully saturated rings. The highest BCUT2D eigenvalue weighted by atomic mass is 19.3. The highest BCUT2D eigenvalue weighted by Crippen LogP contribution is 2.33. The van der Waals surface area contributed by atoms with Crippen molar-refractivity contribution in [1.82, 2.24) is 20.4 Å². The van der Waals surface area contributed by atoms with Crippen molar-refractivity contribution in [2.24, 2.45) is 0 Å². The van der Waals surface area contributed by atoms with Gasteiger partial charge in [0.1, 0.15) is 23.8 Å². The number of hydrogen-bond acceptors (Lipinski definition) is 6. The fraction of sp³-hybridized carbons (Fsp3) is 0.364. The summed E-state index contributed by atoms with van der Waals surface area (Å²) in [5.74, 6) is -2.19.